The van der Waals surface area contributed by atoms with Crippen molar-refractivity contribution in [1.82, 2.24) is 15.6 Å². The highest BCUT2D eigenvalue weighted by atomic mass is 16.3. The molecule has 0 aliphatic carbocycles. The van der Waals surface area contributed by atoms with Gasteiger partial charge in [-0.15, -0.1) is 0 Å². The molecule has 5 N–H and O–H groups in total. The lowest BCUT2D eigenvalue weighted by molar-refractivity contribution is -0.120. The van der Waals surface area contributed by atoms with E-state index in [0.717, 1.165) is 6.07 Å². The van der Waals surface area contributed by atoms with Crippen molar-refractivity contribution in [1.29, 1.82) is 0 Å². The Morgan fingerprint density at radius 3 is 2.75 bits per heavy atom. The molecule has 8 heteroatoms. The molecule has 0 saturated heterocycles. The molecule has 0 spiro atoms. The summed E-state index contributed by atoms with van der Waals surface area (Å²) in [7, 11) is 0. The molecule has 20 heavy (non-hydrogen) atoms. The van der Waals surface area contributed by atoms with Crippen molar-refractivity contribution in [2.45, 2.75) is 6.42 Å². The number of nitrogens with one attached hydrogen (secondary N) is 3. The van der Waals surface area contributed by atoms with E-state index < -0.39 is 5.91 Å². The number of hydrogen-bond donors (Lipinski definition) is 5. The Hall–Kier alpha value is -3.03. The van der Waals surface area contributed by atoms with Crippen LogP contribution in [0.25, 0.3) is 0 Å². The van der Waals surface area contributed by atoms with Gasteiger partial charge in [-0.1, -0.05) is 0 Å². The second-order valence-electron chi connectivity index (χ2n) is 4.00. The average Bonchev–Trinajstić information content (AvgIpc) is 2.77. The highest BCUT2D eigenvalue weighted by Gasteiger charge is 2.04. The third kappa shape index (κ3) is 3.48. The maximum Gasteiger partial charge on any atom is 0.264 e. The average molecular weight is 276 g/mol. The monoisotopic (exact) mass is 276 g/mol. The number of hydrazone groups is 1. The lowest BCUT2D eigenvalue weighted by Crippen LogP contribution is -2.20. The minimum Gasteiger partial charge on any atom is -0.508 e. The topological polar surface area (TPSA) is 131 Å². The number of hydrogen-bond acceptors (Lipinski definition) is 5. The van der Waals surface area contributed by atoms with E-state index in [1.807, 2.05) is 0 Å². The Labute approximate surface area is 112 Å². The largest absolute Gasteiger partial charge is 0.508 e. The molecule has 0 aliphatic rings. The maximum absolute atomic E-state index is 11.5. The van der Waals surface area contributed by atoms with E-state index in [9.17, 15) is 14.7 Å². The SMILES string of the molecule is O=C(Cc1cc(=O)[nH][nH]1)N/N=C\c1ccc(O)cc1O. The van der Waals surface area contributed by atoms with Crippen molar-refractivity contribution < 1.29 is 15.0 Å². The fourth-order valence-corrected chi connectivity index (χ4v) is 1.50. The molecular weight excluding hydrogens is 264 g/mol. The van der Waals surface area contributed by atoms with Crippen LogP contribution in [0.1, 0.15) is 11.3 Å². The third-order valence-electron chi connectivity index (χ3n) is 2.41. The molecule has 0 unspecified atom stereocenters. The van der Waals surface area contributed by atoms with Crippen LogP contribution >= 0.6 is 0 Å². The number of carbonyl (C=O) groups excluding carboxylic acids is 1. The fourth-order valence-electron chi connectivity index (χ4n) is 1.50. The highest BCUT2D eigenvalue weighted by Crippen LogP contribution is 2.20. The lowest BCUT2D eigenvalue weighted by atomic mass is 10.2. The van der Waals surface area contributed by atoms with E-state index >= 15 is 0 Å². The first kappa shape index (κ1) is 13.4. The van der Waals surface area contributed by atoms with E-state index in [1.54, 1.807) is 0 Å². The van der Waals surface area contributed by atoms with Crippen LogP contribution in [0.2, 0.25) is 0 Å². The van der Waals surface area contributed by atoms with Crippen LogP contribution < -0.4 is 11.0 Å². The predicted octanol–water partition coefficient (Wildman–Crippen LogP) is -0.193. The molecule has 0 fully saturated rings. The van der Waals surface area contributed by atoms with Gasteiger partial charge in [-0.05, 0) is 12.1 Å². The number of aromatic amines is 2. The maximum atomic E-state index is 11.5. The summed E-state index contributed by atoms with van der Waals surface area (Å²) in [6, 6.07) is 5.26. The summed E-state index contributed by atoms with van der Waals surface area (Å²) in [6.07, 6.45) is 1.21. The molecule has 1 amide bonds. The second kappa shape index (κ2) is 5.74. The van der Waals surface area contributed by atoms with Gasteiger partial charge in [0.15, 0.2) is 0 Å². The van der Waals surface area contributed by atoms with Crippen LogP contribution in [0.5, 0.6) is 11.5 Å². The van der Waals surface area contributed by atoms with Crippen LogP contribution in [0.4, 0.5) is 0 Å². The summed E-state index contributed by atoms with van der Waals surface area (Å²) < 4.78 is 0. The normalized spacial score (nSPS) is 10.8. The molecule has 0 saturated carbocycles. The van der Waals surface area contributed by atoms with E-state index in [-0.39, 0.29) is 23.5 Å². The highest BCUT2D eigenvalue weighted by molar-refractivity contribution is 5.85. The molecule has 0 atom stereocenters. The zero-order valence-electron chi connectivity index (χ0n) is 10.3. The number of phenolic OH excluding ortho intramolecular Hbond substituents is 2. The Balaban J connectivity index is 1.92. The van der Waals surface area contributed by atoms with Gasteiger partial charge in [0.2, 0.25) is 5.91 Å². The van der Waals surface area contributed by atoms with Crippen LogP contribution in [0.3, 0.4) is 0 Å². The third-order valence-corrected chi connectivity index (χ3v) is 2.41. The van der Waals surface area contributed by atoms with E-state index in [0.29, 0.717) is 11.3 Å². The lowest BCUT2D eigenvalue weighted by Gasteiger charge is -2.00. The van der Waals surface area contributed by atoms with E-state index in [4.69, 9.17) is 5.11 Å². The van der Waals surface area contributed by atoms with Gasteiger partial charge in [0, 0.05) is 23.4 Å². The summed E-state index contributed by atoms with van der Waals surface area (Å²) in [5.74, 6) is -0.646. The minimum atomic E-state index is -0.422. The number of rotatable bonds is 4. The van der Waals surface area contributed by atoms with Crippen LogP contribution in [-0.4, -0.2) is 32.5 Å². The minimum absolute atomic E-state index is 0.0301. The van der Waals surface area contributed by atoms with Crippen molar-refractivity contribution in [3.8, 4) is 11.5 Å². The quantitative estimate of drug-likeness (QED) is 0.391. The predicted molar refractivity (Wildman–Crippen MR) is 70.6 cm³/mol. The molecule has 0 bridgehead atoms. The van der Waals surface area contributed by atoms with Crippen LogP contribution in [-0.2, 0) is 11.2 Å². The Morgan fingerprint density at radius 1 is 1.30 bits per heavy atom. The summed E-state index contributed by atoms with van der Waals surface area (Å²) >= 11 is 0. The molecular formula is C12H12N4O4. The number of aromatic nitrogens is 2. The van der Waals surface area contributed by atoms with E-state index in [2.05, 4.69) is 20.7 Å². The van der Waals surface area contributed by atoms with Gasteiger partial charge in [0.1, 0.15) is 11.5 Å². The molecule has 2 aromatic rings. The fraction of sp³-hybridized carbons (Fsp3) is 0.0833. The number of H-pyrrole nitrogens is 2. The van der Waals surface area contributed by atoms with Crippen molar-refractivity contribution in [3.05, 3.63) is 45.9 Å². The Morgan fingerprint density at radius 2 is 2.10 bits per heavy atom. The van der Waals surface area contributed by atoms with Gasteiger partial charge < -0.3 is 15.3 Å². The van der Waals surface area contributed by atoms with Gasteiger partial charge >= 0.3 is 0 Å². The summed E-state index contributed by atoms with van der Waals surface area (Å²) in [5.41, 5.74) is 2.72. The molecule has 1 aromatic heterocycles. The van der Waals surface area contributed by atoms with Crippen molar-refractivity contribution in [3.63, 3.8) is 0 Å². The van der Waals surface area contributed by atoms with Crippen molar-refractivity contribution in [2.24, 2.45) is 5.10 Å². The number of amides is 1. The first-order valence-corrected chi connectivity index (χ1v) is 5.65. The molecule has 0 radical (unpaired) electrons. The van der Waals surface area contributed by atoms with Gasteiger partial charge in [0.05, 0.1) is 12.6 Å². The number of nitrogens with zero attached hydrogens (tertiary/aromatic N) is 1. The zero-order valence-corrected chi connectivity index (χ0v) is 10.3. The Bertz CT molecular complexity index is 701. The smallest absolute Gasteiger partial charge is 0.264 e. The number of aromatic hydroxyl groups is 2. The van der Waals surface area contributed by atoms with Crippen LogP contribution in [0, 0.1) is 0 Å². The van der Waals surface area contributed by atoms with Gasteiger partial charge in [-0.2, -0.15) is 5.10 Å². The number of carbonyl (C=O) groups is 1. The Kier molecular flexibility index (Phi) is 3.85. The summed E-state index contributed by atoms with van der Waals surface area (Å²) in [5, 5.41) is 27.1. The first-order chi connectivity index (χ1) is 9.54. The molecule has 1 aromatic carbocycles. The molecule has 2 rings (SSSR count). The standard InChI is InChI=1S/C12H12N4O4/c17-9-2-1-7(10(18)5-9)6-13-15-11(19)3-8-4-12(20)16-14-8/h1-2,4-6,17-18H,3H2,(H,15,19)(H2,14,16,20)/b13-6-. The molecule has 1 heterocycles. The molecule has 8 nitrogen and oxygen atoms in total. The first-order valence-electron chi connectivity index (χ1n) is 5.65. The second-order valence-corrected chi connectivity index (χ2v) is 4.00. The number of benzene rings is 1. The van der Waals surface area contributed by atoms with Crippen LogP contribution in [0.15, 0.2) is 34.2 Å². The zero-order chi connectivity index (χ0) is 14.5. The van der Waals surface area contributed by atoms with E-state index in [1.165, 1.54) is 24.4 Å². The van der Waals surface area contributed by atoms with Gasteiger partial charge in [0.25, 0.3) is 5.56 Å². The number of phenols is 2. The van der Waals surface area contributed by atoms with Crippen molar-refractivity contribution in [2.75, 3.05) is 0 Å². The summed E-state index contributed by atoms with van der Waals surface area (Å²) in [4.78, 5) is 22.3. The summed E-state index contributed by atoms with van der Waals surface area (Å²) in [6.45, 7) is 0. The van der Waals surface area contributed by atoms with Crippen molar-refractivity contribution >= 4 is 12.1 Å². The van der Waals surface area contributed by atoms with Gasteiger partial charge in [-0.3, -0.25) is 14.7 Å². The van der Waals surface area contributed by atoms with Gasteiger partial charge in [-0.25, -0.2) is 5.43 Å². The molecule has 0 aliphatic heterocycles. The molecule has 104 valence electrons.